The van der Waals surface area contributed by atoms with Gasteiger partial charge in [-0.2, -0.15) is 0 Å². The second-order valence-corrected chi connectivity index (χ2v) is 7.50. The number of hydrogen-bond donors (Lipinski definition) is 0. The van der Waals surface area contributed by atoms with Gasteiger partial charge >= 0.3 is 12.1 Å². The number of ether oxygens (including phenoxy) is 2. The maximum absolute atomic E-state index is 11.7. The Bertz CT molecular complexity index is 366. The Hall–Kier alpha value is -0.970. The predicted octanol–water partition coefficient (Wildman–Crippen LogP) is 5.93. The molecule has 6 heteroatoms. The normalized spacial score (nSPS) is 10.6. The standard InChI is InChI=1S/C21H40ClNO4/c1-3-4-5-6-7-8-9-10-11-12-13-14-15-17-26-20(24)19-23(2)21(25)27-18-16-22/h3-19H2,1-2H3. The maximum Gasteiger partial charge on any atom is 0.410 e. The largest absolute Gasteiger partial charge is 0.464 e. The highest BCUT2D eigenvalue weighted by Gasteiger charge is 2.14. The van der Waals surface area contributed by atoms with Gasteiger partial charge in [0.1, 0.15) is 13.2 Å². The first kappa shape index (κ1) is 26.0. The number of halogens is 1. The highest BCUT2D eigenvalue weighted by atomic mass is 35.5. The van der Waals surface area contributed by atoms with Crippen molar-refractivity contribution >= 4 is 23.7 Å². The minimum absolute atomic E-state index is 0.0977. The zero-order valence-electron chi connectivity index (χ0n) is 17.5. The molecule has 0 saturated heterocycles. The van der Waals surface area contributed by atoms with E-state index < -0.39 is 12.1 Å². The minimum atomic E-state index is -0.562. The van der Waals surface area contributed by atoms with Gasteiger partial charge in [-0.1, -0.05) is 84.0 Å². The molecule has 0 aromatic carbocycles. The molecule has 160 valence electrons. The molecular weight excluding hydrogens is 366 g/mol. The number of rotatable bonds is 18. The molecule has 0 N–H and O–H groups in total. The van der Waals surface area contributed by atoms with E-state index in [0.29, 0.717) is 6.61 Å². The summed E-state index contributed by atoms with van der Waals surface area (Å²) in [7, 11) is 1.50. The SMILES string of the molecule is CCCCCCCCCCCCCCCOC(=O)CN(C)C(=O)OCCCl. The van der Waals surface area contributed by atoms with Gasteiger partial charge in [0.2, 0.25) is 0 Å². The zero-order chi connectivity index (χ0) is 20.2. The van der Waals surface area contributed by atoms with Crippen molar-refractivity contribution in [2.45, 2.75) is 90.4 Å². The monoisotopic (exact) mass is 405 g/mol. The molecule has 0 unspecified atom stereocenters. The van der Waals surface area contributed by atoms with Crippen LogP contribution in [0, 0.1) is 0 Å². The molecular formula is C21H40ClNO4. The summed E-state index contributed by atoms with van der Waals surface area (Å²) in [6, 6.07) is 0. The molecule has 0 radical (unpaired) electrons. The fourth-order valence-electron chi connectivity index (χ4n) is 2.85. The number of likely N-dealkylation sites (N-methyl/N-ethyl adjacent to an activating group) is 1. The van der Waals surface area contributed by atoms with Crippen LogP contribution in [0.15, 0.2) is 0 Å². The van der Waals surface area contributed by atoms with E-state index in [4.69, 9.17) is 21.1 Å². The van der Waals surface area contributed by atoms with Gasteiger partial charge in [-0.15, -0.1) is 11.6 Å². The van der Waals surface area contributed by atoms with Crippen molar-refractivity contribution in [2.24, 2.45) is 0 Å². The molecule has 0 heterocycles. The van der Waals surface area contributed by atoms with Crippen LogP contribution in [0.3, 0.4) is 0 Å². The number of esters is 1. The molecule has 0 aliphatic carbocycles. The quantitative estimate of drug-likeness (QED) is 0.161. The summed E-state index contributed by atoms with van der Waals surface area (Å²) < 4.78 is 9.98. The fourth-order valence-corrected chi connectivity index (χ4v) is 2.92. The summed E-state index contributed by atoms with van der Waals surface area (Å²) in [4.78, 5) is 24.3. The van der Waals surface area contributed by atoms with Gasteiger partial charge < -0.3 is 14.4 Å². The topological polar surface area (TPSA) is 55.8 Å². The Morgan fingerprint density at radius 3 is 1.70 bits per heavy atom. The lowest BCUT2D eigenvalue weighted by Gasteiger charge is -2.15. The molecule has 5 nitrogen and oxygen atoms in total. The van der Waals surface area contributed by atoms with Crippen LogP contribution < -0.4 is 0 Å². The van der Waals surface area contributed by atoms with Crippen LogP contribution in [-0.4, -0.2) is 49.6 Å². The first-order valence-electron chi connectivity index (χ1n) is 10.7. The van der Waals surface area contributed by atoms with E-state index in [2.05, 4.69) is 6.92 Å². The summed E-state index contributed by atoms with van der Waals surface area (Å²) in [5.41, 5.74) is 0. The Morgan fingerprint density at radius 2 is 1.22 bits per heavy atom. The Labute approximate surface area is 171 Å². The van der Waals surface area contributed by atoms with Gasteiger partial charge in [0, 0.05) is 7.05 Å². The maximum atomic E-state index is 11.7. The van der Waals surface area contributed by atoms with Crippen LogP contribution in [-0.2, 0) is 14.3 Å². The van der Waals surface area contributed by atoms with Crippen molar-refractivity contribution in [3.63, 3.8) is 0 Å². The van der Waals surface area contributed by atoms with Crippen molar-refractivity contribution in [2.75, 3.05) is 32.7 Å². The lowest BCUT2D eigenvalue weighted by molar-refractivity contribution is -0.144. The first-order chi connectivity index (χ1) is 13.1. The fraction of sp³-hybridized carbons (Fsp3) is 0.905. The number of alkyl halides is 1. The van der Waals surface area contributed by atoms with E-state index in [9.17, 15) is 9.59 Å². The molecule has 0 aliphatic rings. The van der Waals surface area contributed by atoms with Crippen LogP contribution in [0.25, 0.3) is 0 Å². The summed E-state index contributed by atoms with van der Waals surface area (Å²) >= 11 is 5.44. The van der Waals surface area contributed by atoms with Crippen molar-refractivity contribution in [1.29, 1.82) is 0 Å². The molecule has 0 saturated carbocycles. The highest BCUT2D eigenvalue weighted by molar-refractivity contribution is 6.18. The van der Waals surface area contributed by atoms with E-state index in [1.807, 2.05) is 0 Å². The minimum Gasteiger partial charge on any atom is -0.464 e. The molecule has 0 aliphatic heterocycles. The summed E-state index contributed by atoms with van der Waals surface area (Å²) in [5.74, 6) is -0.164. The predicted molar refractivity (Wildman–Crippen MR) is 111 cm³/mol. The smallest absolute Gasteiger partial charge is 0.410 e. The summed E-state index contributed by atoms with van der Waals surface area (Å²) in [6.45, 7) is 2.71. The molecule has 0 spiro atoms. The van der Waals surface area contributed by atoms with Crippen LogP contribution >= 0.6 is 11.6 Å². The Morgan fingerprint density at radius 1 is 0.741 bits per heavy atom. The van der Waals surface area contributed by atoms with Gasteiger partial charge in [0.15, 0.2) is 0 Å². The molecule has 0 atom stereocenters. The average Bonchev–Trinajstić information content (AvgIpc) is 2.66. The van der Waals surface area contributed by atoms with Gasteiger partial charge in [0.25, 0.3) is 0 Å². The lowest BCUT2D eigenvalue weighted by Crippen LogP contribution is -2.33. The molecule has 0 aromatic heterocycles. The molecule has 0 bridgehead atoms. The van der Waals surface area contributed by atoms with Crippen molar-refractivity contribution in [3.8, 4) is 0 Å². The van der Waals surface area contributed by atoms with Crippen LogP contribution in [0.4, 0.5) is 4.79 Å². The number of hydrogen-bond acceptors (Lipinski definition) is 4. The number of amides is 1. The molecule has 0 fully saturated rings. The van der Waals surface area contributed by atoms with Gasteiger partial charge in [-0.25, -0.2) is 4.79 Å². The third kappa shape index (κ3) is 18.2. The van der Waals surface area contributed by atoms with Crippen molar-refractivity contribution < 1.29 is 19.1 Å². The zero-order valence-corrected chi connectivity index (χ0v) is 18.2. The number of carbonyl (C=O) groups is 2. The number of nitrogens with zero attached hydrogens (tertiary/aromatic N) is 1. The van der Waals surface area contributed by atoms with Crippen LogP contribution in [0.5, 0.6) is 0 Å². The van der Waals surface area contributed by atoms with E-state index in [-0.39, 0.29) is 19.0 Å². The van der Waals surface area contributed by atoms with E-state index in [1.54, 1.807) is 0 Å². The van der Waals surface area contributed by atoms with E-state index in [0.717, 1.165) is 12.8 Å². The summed E-state index contributed by atoms with van der Waals surface area (Å²) in [6.07, 6.45) is 16.1. The molecule has 27 heavy (non-hydrogen) atoms. The van der Waals surface area contributed by atoms with Gasteiger partial charge in [-0.3, -0.25) is 4.79 Å². The summed E-state index contributed by atoms with van der Waals surface area (Å²) in [5, 5.41) is 0. The van der Waals surface area contributed by atoms with Crippen LogP contribution in [0.1, 0.15) is 90.4 Å². The van der Waals surface area contributed by atoms with E-state index in [1.165, 1.54) is 82.6 Å². The Kier molecular flexibility index (Phi) is 19.1. The third-order valence-electron chi connectivity index (χ3n) is 4.49. The number of unbranched alkanes of at least 4 members (excludes halogenated alkanes) is 12. The van der Waals surface area contributed by atoms with Gasteiger partial charge in [-0.05, 0) is 6.42 Å². The highest BCUT2D eigenvalue weighted by Crippen LogP contribution is 2.12. The first-order valence-corrected chi connectivity index (χ1v) is 11.2. The second-order valence-electron chi connectivity index (χ2n) is 7.12. The van der Waals surface area contributed by atoms with Gasteiger partial charge in [0.05, 0.1) is 12.5 Å². The van der Waals surface area contributed by atoms with E-state index >= 15 is 0 Å². The molecule has 1 amide bonds. The third-order valence-corrected chi connectivity index (χ3v) is 4.65. The number of carbonyl (C=O) groups excluding carboxylic acids is 2. The second kappa shape index (κ2) is 19.8. The Balaban J connectivity index is 3.34. The molecule has 0 aromatic rings. The lowest BCUT2D eigenvalue weighted by atomic mass is 10.0. The molecule has 0 rings (SSSR count). The van der Waals surface area contributed by atoms with Crippen molar-refractivity contribution in [3.05, 3.63) is 0 Å². The van der Waals surface area contributed by atoms with Crippen molar-refractivity contribution in [1.82, 2.24) is 4.90 Å². The van der Waals surface area contributed by atoms with Crippen LogP contribution in [0.2, 0.25) is 0 Å². The average molecular weight is 406 g/mol.